The number of fused-ring (bicyclic) bond motifs is 1. The molecule has 4 heteroatoms. The summed E-state index contributed by atoms with van der Waals surface area (Å²) in [6, 6.07) is 11.4. The monoisotopic (exact) mass is 343 g/mol. The number of carbonyl (C=O) groups is 1. The van der Waals surface area contributed by atoms with Gasteiger partial charge in [0.15, 0.2) is 0 Å². The summed E-state index contributed by atoms with van der Waals surface area (Å²) in [6.45, 7) is 10.9. The van der Waals surface area contributed by atoms with Gasteiger partial charge in [0.05, 0.1) is 12.0 Å². The lowest BCUT2D eigenvalue weighted by atomic mass is 9.75. The van der Waals surface area contributed by atoms with Crippen LogP contribution in [0.1, 0.15) is 41.0 Å². The smallest absolute Gasteiger partial charge is 0.318 e. The molecule has 0 fully saturated rings. The number of benzene rings is 2. The Balaban J connectivity index is 2.37. The Morgan fingerprint density at radius 3 is 2.08 bits per heavy atom. The lowest BCUT2D eigenvalue weighted by molar-refractivity contribution is -0.146. The highest BCUT2D eigenvalue weighted by atomic mass is 16.5. The van der Waals surface area contributed by atoms with Crippen LogP contribution >= 0.6 is 0 Å². The molecule has 0 bridgehead atoms. The highest BCUT2D eigenvalue weighted by molar-refractivity contribution is 5.95. The SMILES string of the molecule is CCOc1ccc(OC(=O)C(C)(CN)CC(C)(C)C)c2ccccc12. The van der Waals surface area contributed by atoms with Crippen molar-refractivity contribution in [3.63, 3.8) is 0 Å². The first kappa shape index (κ1) is 19.3. The van der Waals surface area contributed by atoms with Crippen molar-refractivity contribution in [2.24, 2.45) is 16.6 Å². The van der Waals surface area contributed by atoms with E-state index in [4.69, 9.17) is 15.2 Å². The first-order valence-corrected chi connectivity index (χ1v) is 8.77. The molecule has 4 nitrogen and oxygen atoms in total. The zero-order valence-corrected chi connectivity index (χ0v) is 15.9. The van der Waals surface area contributed by atoms with Gasteiger partial charge in [-0.2, -0.15) is 0 Å². The van der Waals surface area contributed by atoms with E-state index >= 15 is 0 Å². The highest BCUT2D eigenvalue weighted by Gasteiger charge is 2.38. The fraction of sp³-hybridized carbons (Fsp3) is 0.476. The fourth-order valence-corrected chi connectivity index (χ4v) is 3.24. The van der Waals surface area contributed by atoms with Gasteiger partial charge in [-0.3, -0.25) is 4.79 Å². The third-order valence-electron chi connectivity index (χ3n) is 4.21. The minimum atomic E-state index is -0.724. The number of nitrogens with two attached hydrogens (primary N) is 1. The topological polar surface area (TPSA) is 61.5 Å². The summed E-state index contributed by atoms with van der Waals surface area (Å²) in [5, 5.41) is 1.79. The quantitative estimate of drug-likeness (QED) is 0.617. The molecule has 0 aliphatic heterocycles. The van der Waals surface area contributed by atoms with Gasteiger partial charge in [0, 0.05) is 17.3 Å². The second-order valence-corrected chi connectivity index (χ2v) is 7.93. The van der Waals surface area contributed by atoms with Crippen LogP contribution in [0.2, 0.25) is 0 Å². The largest absolute Gasteiger partial charge is 0.493 e. The van der Waals surface area contributed by atoms with Gasteiger partial charge in [0.1, 0.15) is 11.5 Å². The van der Waals surface area contributed by atoms with Gasteiger partial charge in [-0.05, 0) is 37.8 Å². The predicted octanol–water partition coefficient (Wildman–Crippen LogP) is 4.55. The summed E-state index contributed by atoms with van der Waals surface area (Å²) in [5.41, 5.74) is 5.18. The molecule has 1 atom stereocenters. The van der Waals surface area contributed by atoms with E-state index in [1.807, 2.05) is 44.2 Å². The Kier molecular flexibility index (Phi) is 5.73. The van der Waals surface area contributed by atoms with Crippen LogP contribution in [0.3, 0.4) is 0 Å². The molecule has 1 unspecified atom stereocenters. The van der Waals surface area contributed by atoms with Crippen LogP contribution in [0.25, 0.3) is 10.8 Å². The first-order valence-electron chi connectivity index (χ1n) is 8.77. The van der Waals surface area contributed by atoms with Gasteiger partial charge in [-0.25, -0.2) is 0 Å². The van der Waals surface area contributed by atoms with Crippen molar-refractivity contribution < 1.29 is 14.3 Å². The van der Waals surface area contributed by atoms with Crippen LogP contribution in [-0.2, 0) is 4.79 Å². The van der Waals surface area contributed by atoms with Gasteiger partial charge in [0.25, 0.3) is 0 Å². The van der Waals surface area contributed by atoms with Crippen LogP contribution in [0.5, 0.6) is 11.5 Å². The molecule has 2 rings (SSSR count). The molecule has 0 heterocycles. The average molecular weight is 343 g/mol. The van der Waals surface area contributed by atoms with Crippen molar-refractivity contribution in [2.75, 3.05) is 13.2 Å². The minimum absolute atomic E-state index is 0.0198. The predicted molar refractivity (Wildman–Crippen MR) is 102 cm³/mol. The number of carbonyl (C=O) groups excluding carboxylic acids is 1. The highest BCUT2D eigenvalue weighted by Crippen LogP contribution is 2.37. The Hall–Kier alpha value is -2.07. The first-order chi connectivity index (χ1) is 11.7. The zero-order valence-electron chi connectivity index (χ0n) is 15.9. The van der Waals surface area contributed by atoms with E-state index in [0.717, 1.165) is 16.5 Å². The Bertz CT molecular complexity index is 748. The lowest BCUT2D eigenvalue weighted by Gasteiger charge is -2.32. The number of hydrogen-bond donors (Lipinski definition) is 1. The lowest BCUT2D eigenvalue weighted by Crippen LogP contribution is -2.41. The van der Waals surface area contributed by atoms with E-state index < -0.39 is 5.41 Å². The maximum absolute atomic E-state index is 12.9. The van der Waals surface area contributed by atoms with E-state index in [1.165, 1.54) is 0 Å². The van der Waals surface area contributed by atoms with Crippen LogP contribution in [0, 0.1) is 10.8 Å². The van der Waals surface area contributed by atoms with E-state index in [1.54, 1.807) is 6.07 Å². The summed E-state index contributed by atoms with van der Waals surface area (Å²) in [4.78, 5) is 12.9. The van der Waals surface area contributed by atoms with E-state index in [-0.39, 0.29) is 17.9 Å². The Morgan fingerprint density at radius 2 is 1.56 bits per heavy atom. The summed E-state index contributed by atoms with van der Waals surface area (Å²) in [6.07, 6.45) is 0.657. The maximum Gasteiger partial charge on any atom is 0.318 e. The summed E-state index contributed by atoms with van der Waals surface area (Å²) in [5.74, 6) is 1.03. The van der Waals surface area contributed by atoms with Gasteiger partial charge in [0.2, 0.25) is 0 Å². The molecule has 0 aliphatic carbocycles. The third kappa shape index (κ3) is 4.51. The van der Waals surface area contributed by atoms with Gasteiger partial charge < -0.3 is 15.2 Å². The molecule has 136 valence electrons. The van der Waals surface area contributed by atoms with Crippen LogP contribution in [0.15, 0.2) is 36.4 Å². The van der Waals surface area contributed by atoms with Crippen molar-refractivity contribution in [3.05, 3.63) is 36.4 Å². The normalized spacial score (nSPS) is 14.2. The van der Waals surface area contributed by atoms with E-state index in [0.29, 0.717) is 18.8 Å². The summed E-state index contributed by atoms with van der Waals surface area (Å²) >= 11 is 0. The standard InChI is InChI=1S/C21H29NO3/c1-6-24-17-11-12-18(16-10-8-7-9-15(16)17)25-19(23)21(5,14-22)13-20(2,3)4/h7-12H,6,13-14,22H2,1-5H3. The second-order valence-electron chi connectivity index (χ2n) is 7.93. The number of esters is 1. The number of ether oxygens (including phenoxy) is 2. The van der Waals surface area contributed by atoms with Crippen molar-refractivity contribution in [1.82, 2.24) is 0 Å². The van der Waals surface area contributed by atoms with Crippen LogP contribution < -0.4 is 15.2 Å². The molecule has 0 spiro atoms. The van der Waals surface area contributed by atoms with Gasteiger partial charge >= 0.3 is 5.97 Å². The van der Waals surface area contributed by atoms with Crippen molar-refractivity contribution in [3.8, 4) is 11.5 Å². The molecule has 0 saturated carbocycles. The van der Waals surface area contributed by atoms with Gasteiger partial charge in [-0.15, -0.1) is 0 Å². The van der Waals surface area contributed by atoms with Crippen LogP contribution in [0.4, 0.5) is 0 Å². The maximum atomic E-state index is 12.9. The van der Waals surface area contributed by atoms with Gasteiger partial charge in [-0.1, -0.05) is 45.0 Å². The van der Waals surface area contributed by atoms with E-state index in [2.05, 4.69) is 20.8 Å². The van der Waals surface area contributed by atoms with E-state index in [9.17, 15) is 4.79 Å². The molecular formula is C21H29NO3. The van der Waals surface area contributed by atoms with Crippen molar-refractivity contribution in [1.29, 1.82) is 0 Å². The molecule has 2 aromatic rings. The zero-order chi connectivity index (χ0) is 18.7. The molecule has 0 saturated heterocycles. The summed E-state index contributed by atoms with van der Waals surface area (Å²) in [7, 11) is 0. The average Bonchev–Trinajstić information content (AvgIpc) is 2.55. The molecule has 0 amide bonds. The number of hydrogen-bond acceptors (Lipinski definition) is 4. The molecule has 25 heavy (non-hydrogen) atoms. The van der Waals surface area contributed by atoms with Crippen molar-refractivity contribution >= 4 is 16.7 Å². The molecular weight excluding hydrogens is 314 g/mol. The fourth-order valence-electron chi connectivity index (χ4n) is 3.24. The minimum Gasteiger partial charge on any atom is -0.493 e. The molecule has 0 radical (unpaired) electrons. The second kappa shape index (κ2) is 7.44. The van der Waals surface area contributed by atoms with Crippen molar-refractivity contribution in [2.45, 2.75) is 41.0 Å². The molecule has 0 aromatic heterocycles. The molecule has 2 N–H and O–H groups in total. The molecule has 2 aromatic carbocycles. The Labute approximate surface area is 150 Å². The Morgan fingerprint density at radius 1 is 1.00 bits per heavy atom. The van der Waals surface area contributed by atoms with Crippen LogP contribution in [-0.4, -0.2) is 19.1 Å². The number of rotatable bonds is 6. The third-order valence-corrected chi connectivity index (χ3v) is 4.21. The summed E-state index contributed by atoms with van der Waals surface area (Å²) < 4.78 is 11.5. The molecule has 0 aliphatic rings.